The topological polar surface area (TPSA) is 89.8 Å². The van der Waals surface area contributed by atoms with Crippen LogP contribution in [0.1, 0.15) is 30.3 Å². The van der Waals surface area contributed by atoms with Gasteiger partial charge in [-0.05, 0) is 43.2 Å². The van der Waals surface area contributed by atoms with Crippen LogP contribution in [0, 0.1) is 5.82 Å². The maximum Gasteiger partial charge on any atom is 0.259 e. The van der Waals surface area contributed by atoms with Crippen molar-refractivity contribution in [3.05, 3.63) is 66.4 Å². The van der Waals surface area contributed by atoms with E-state index < -0.39 is 10.0 Å². The number of imidazole rings is 1. The molecule has 0 bridgehead atoms. The third kappa shape index (κ3) is 3.63. The maximum atomic E-state index is 13.0. The van der Waals surface area contributed by atoms with Gasteiger partial charge in [0.2, 0.25) is 0 Å². The molecule has 3 aromatic rings. The van der Waals surface area contributed by atoms with E-state index in [4.69, 9.17) is 0 Å². The Bertz CT molecular complexity index is 1030. The number of sulfonamides is 1. The Labute approximate surface area is 150 Å². The molecule has 0 spiro atoms. The van der Waals surface area contributed by atoms with Gasteiger partial charge in [-0.3, -0.25) is 0 Å². The molecule has 0 unspecified atom stereocenters. The van der Waals surface area contributed by atoms with Gasteiger partial charge in [-0.15, -0.1) is 0 Å². The molecule has 0 amide bonds. The van der Waals surface area contributed by atoms with Crippen LogP contribution in [-0.2, 0) is 16.6 Å². The monoisotopic (exact) mass is 373 g/mol. The van der Waals surface area contributed by atoms with Gasteiger partial charge in [0.05, 0.1) is 12.2 Å². The Hall–Kier alpha value is -2.65. The van der Waals surface area contributed by atoms with Crippen molar-refractivity contribution in [2.45, 2.75) is 30.3 Å². The summed E-state index contributed by atoms with van der Waals surface area (Å²) in [5.41, 5.74) is 1.23. The van der Waals surface area contributed by atoms with Crippen LogP contribution in [0.2, 0.25) is 0 Å². The second-order valence-corrected chi connectivity index (χ2v) is 7.81. The lowest BCUT2D eigenvalue weighted by atomic mass is 10.3. The average Bonchev–Trinajstić information content (AvgIpc) is 3.37. The molecule has 1 fully saturated rings. The third-order valence-corrected chi connectivity index (χ3v) is 5.36. The highest BCUT2D eigenvalue weighted by Crippen LogP contribution is 2.37. The van der Waals surface area contributed by atoms with E-state index in [0.717, 1.165) is 18.7 Å². The van der Waals surface area contributed by atoms with Crippen LogP contribution in [0.3, 0.4) is 0 Å². The molecule has 0 radical (unpaired) electrons. The van der Waals surface area contributed by atoms with Crippen LogP contribution in [0.4, 0.5) is 4.39 Å². The number of halogens is 1. The Kier molecular flexibility index (Phi) is 4.25. The first-order valence-corrected chi connectivity index (χ1v) is 9.61. The molecule has 0 aliphatic heterocycles. The van der Waals surface area contributed by atoms with E-state index in [1.807, 2.05) is 0 Å². The summed E-state index contributed by atoms with van der Waals surface area (Å²) in [7, 11) is -3.79. The molecule has 2 aromatic heterocycles. The molecule has 134 valence electrons. The molecule has 0 saturated heterocycles. The summed E-state index contributed by atoms with van der Waals surface area (Å²) in [6.45, 7) is 0.0635. The molecule has 1 N–H and O–H groups in total. The highest BCUT2D eigenvalue weighted by Gasteiger charge is 2.26. The third-order valence-electron chi connectivity index (χ3n) is 4.08. The van der Waals surface area contributed by atoms with E-state index in [1.54, 1.807) is 24.4 Å². The van der Waals surface area contributed by atoms with Gasteiger partial charge in [-0.2, -0.15) is 0 Å². The first-order chi connectivity index (χ1) is 12.5. The number of hydrogen-bond acceptors (Lipinski definition) is 5. The van der Waals surface area contributed by atoms with Crippen molar-refractivity contribution in [2.75, 3.05) is 0 Å². The van der Waals surface area contributed by atoms with E-state index in [2.05, 4.69) is 19.7 Å². The minimum Gasteiger partial charge on any atom is -0.305 e. The number of hydrogen-bond donors (Lipinski definition) is 1. The van der Waals surface area contributed by atoms with Crippen molar-refractivity contribution in [2.24, 2.45) is 0 Å². The average molecular weight is 373 g/mol. The summed E-state index contributed by atoms with van der Waals surface area (Å²) in [6, 6.07) is 7.37. The Morgan fingerprint density at radius 3 is 2.65 bits per heavy atom. The van der Waals surface area contributed by atoms with Crippen molar-refractivity contribution in [3.8, 4) is 5.69 Å². The van der Waals surface area contributed by atoms with Crippen molar-refractivity contribution >= 4 is 10.0 Å². The van der Waals surface area contributed by atoms with E-state index in [0.29, 0.717) is 17.3 Å². The molecular weight excluding hydrogens is 357 g/mol. The quantitative estimate of drug-likeness (QED) is 0.715. The number of rotatable bonds is 6. The van der Waals surface area contributed by atoms with Crippen LogP contribution >= 0.6 is 0 Å². The Morgan fingerprint density at radius 1 is 1.15 bits per heavy atom. The largest absolute Gasteiger partial charge is 0.305 e. The minimum atomic E-state index is -3.79. The van der Waals surface area contributed by atoms with Gasteiger partial charge >= 0.3 is 0 Å². The molecule has 1 aliphatic carbocycles. The van der Waals surface area contributed by atoms with Crippen molar-refractivity contribution in [3.63, 3.8) is 0 Å². The predicted octanol–water partition coefficient (Wildman–Crippen LogP) is 2.16. The second-order valence-electron chi connectivity index (χ2n) is 6.10. The molecule has 2 heterocycles. The molecule has 26 heavy (non-hydrogen) atoms. The fourth-order valence-electron chi connectivity index (χ4n) is 2.49. The molecule has 1 aliphatic rings. The molecule has 0 atom stereocenters. The summed E-state index contributed by atoms with van der Waals surface area (Å²) in [5, 5.41) is -0.113. The van der Waals surface area contributed by atoms with Crippen LogP contribution in [-0.4, -0.2) is 27.9 Å². The summed E-state index contributed by atoms with van der Waals surface area (Å²) in [6.07, 6.45) is 6.56. The van der Waals surface area contributed by atoms with Gasteiger partial charge in [0, 0.05) is 24.0 Å². The van der Waals surface area contributed by atoms with E-state index >= 15 is 0 Å². The smallest absolute Gasteiger partial charge is 0.259 e. The molecule has 1 aromatic carbocycles. The molecule has 9 heteroatoms. The molecule has 1 saturated carbocycles. The zero-order valence-corrected chi connectivity index (χ0v) is 14.5. The van der Waals surface area contributed by atoms with E-state index in [-0.39, 0.29) is 17.4 Å². The van der Waals surface area contributed by atoms with Crippen molar-refractivity contribution in [1.29, 1.82) is 0 Å². The first-order valence-electron chi connectivity index (χ1n) is 8.13. The first kappa shape index (κ1) is 16.8. The van der Waals surface area contributed by atoms with Gasteiger partial charge in [-0.25, -0.2) is 32.5 Å². The number of aromatic nitrogens is 4. The van der Waals surface area contributed by atoms with Crippen LogP contribution in [0.15, 0.2) is 54.1 Å². The summed E-state index contributed by atoms with van der Waals surface area (Å²) in [5.74, 6) is 0.805. The minimum absolute atomic E-state index is 0.0635. The second kappa shape index (κ2) is 6.58. The maximum absolute atomic E-state index is 13.0. The van der Waals surface area contributed by atoms with Gasteiger partial charge < -0.3 is 4.57 Å². The predicted molar refractivity (Wildman–Crippen MR) is 91.6 cm³/mol. The summed E-state index contributed by atoms with van der Waals surface area (Å²) >= 11 is 0. The lowest BCUT2D eigenvalue weighted by Gasteiger charge is -2.05. The van der Waals surface area contributed by atoms with Gasteiger partial charge in [0.25, 0.3) is 10.0 Å². The summed E-state index contributed by atoms with van der Waals surface area (Å²) in [4.78, 5) is 12.6. The number of nitrogens with zero attached hydrogens (tertiary/aromatic N) is 4. The standard InChI is InChI=1S/C17H16FN5O2S/c18-13-3-5-15(6-4-13)23-10-16(20-11-23)26(24,25)21-9-14-7-8-19-17(22-14)12-1-2-12/h3-8,10-12,21H,1-2,9H2. The fraction of sp³-hybridized carbons (Fsp3) is 0.235. The van der Waals surface area contributed by atoms with Crippen molar-refractivity contribution in [1.82, 2.24) is 24.2 Å². The van der Waals surface area contributed by atoms with Crippen LogP contribution < -0.4 is 4.72 Å². The van der Waals surface area contributed by atoms with Crippen LogP contribution in [0.25, 0.3) is 5.69 Å². The van der Waals surface area contributed by atoms with Crippen molar-refractivity contribution < 1.29 is 12.8 Å². The zero-order valence-electron chi connectivity index (χ0n) is 13.7. The number of benzene rings is 1. The molecular formula is C17H16FN5O2S. The molecule has 7 nitrogen and oxygen atoms in total. The SMILES string of the molecule is O=S(=O)(NCc1ccnc(C2CC2)n1)c1cn(-c2ccc(F)cc2)cn1. The van der Waals surface area contributed by atoms with Gasteiger partial charge in [-0.1, -0.05) is 0 Å². The Balaban J connectivity index is 1.48. The highest BCUT2D eigenvalue weighted by atomic mass is 32.2. The van der Waals surface area contributed by atoms with E-state index in [9.17, 15) is 12.8 Å². The normalized spacial score (nSPS) is 14.5. The number of nitrogens with one attached hydrogen (secondary N) is 1. The highest BCUT2D eigenvalue weighted by molar-refractivity contribution is 7.89. The zero-order chi connectivity index (χ0) is 18.1. The fourth-order valence-corrected chi connectivity index (χ4v) is 3.41. The lowest BCUT2D eigenvalue weighted by Crippen LogP contribution is -2.24. The lowest BCUT2D eigenvalue weighted by molar-refractivity contribution is 0.577. The van der Waals surface area contributed by atoms with E-state index in [1.165, 1.54) is 29.2 Å². The Morgan fingerprint density at radius 2 is 1.92 bits per heavy atom. The van der Waals surface area contributed by atoms with Gasteiger partial charge in [0.1, 0.15) is 18.0 Å². The van der Waals surface area contributed by atoms with Gasteiger partial charge in [0.15, 0.2) is 5.03 Å². The van der Waals surface area contributed by atoms with Crippen LogP contribution in [0.5, 0.6) is 0 Å². The molecule has 4 rings (SSSR count). The summed E-state index contributed by atoms with van der Waals surface area (Å²) < 4.78 is 41.9.